The first-order valence-electron chi connectivity index (χ1n) is 5.81. The summed E-state index contributed by atoms with van der Waals surface area (Å²) in [4.78, 5) is 0. The quantitative estimate of drug-likeness (QED) is 0.645. The van der Waals surface area contributed by atoms with Crippen molar-refractivity contribution in [1.29, 1.82) is 5.26 Å². The number of hydrogen-bond donors (Lipinski definition) is 2. The molecule has 0 spiro atoms. The Balaban J connectivity index is 2.10. The number of nitrogens with two attached hydrogens (primary N) is 1. The summed E-state index contributed by atoms with van der Waals surface area (Å²) in [6.45, 7) is 0.417. The molecule has 0 saturated heterocycles. The van der Waals surface area contributed by atoms with E-state index in [2.05, 4.69) is 0 Å². The molecule has 19 heavy (non-hydrogen) atoms. The summed E-state index contributed by atoms with van der Waals surface area (Å²) in [5, 5.41) is 18.4. The summed E-state index contributed by atoms with van der Waals surface area (Å²) < 4.78 is 5.60. The molecule has 0 heterocycles. The van der Waals surface area contributed by atoms with Crippen LogP contribution in [0.2, 0.25) is 0 Å². The Kier molecular flexibility index (Phi) is 3.81. The van der Waals surface area contributed by atoms with E-state index in [0.717, 1.165) is 5.56 Å². The lowest BCUT2D eigenvalue weighted by Gasteiger charge is -2.15. The Bertz CT molecular complexity index is 589. The second kappa shape index (κ2) is 5.53. The molecular weight excluding hydrogens is 240 g/mol. The van der Waals surface area contributed by atoms with Gasteiger partial charge in [-0.25, -0.2) is 0 Å². The average Bonchev–Trinajstić information content (AvgIpc) is 2.46. The predicted octanol–water partition coefficient (Wildman–Crippen LogP) is 1.89. The van der Waals surface area contributed by atoms with Gasteiger partial charge in [0.05, 0.1) is 0 Å². The Morgan fingerprint density at radius 1 is 1.16 bits per heavy atom. The largest absolute Gasteiger partial charge is 0.489 e. The van der Waals surface area contributed by atoms with Crippen LogP contribution in [0.5, 0.6) is 5.75 Å². The van der Waals surface area contributed by atoms with Crippen LogP contribution in [0.1, 0.15) is 11.1 Å². The first-order valence-corrected chi connectivity index (χ1v) is 5.81. The number of hydrogen-bond acceptors (Lipinski definition) is 4. The lowest BCUT2D eigenvalue weighted by Crippen LogP contribution is -2.34. The molecule has 0 fully saturated rings. The third kappa shape index (κ3) is 3.32. The topological polar surface area (TPSA) is 79.3 Å². The fourth-order valence-electron chi connectivity index (χ4n) is 1.63. The second-order valence-electron chi connectivity index (χ2n) is 4.18. The van der Waals surface area contributed by atoms with E-state index in [4.69, 9.17) is 15.7 Å². The van der Waals surface area contributed by atoms with Crippen LogP contribution in [0.3, 0.4) is 0 Å². The minimum Gasteiger partial charge on any atom is -0.489 e. The summed E-state index contributed by atoms with van der Waals surface area (Å²) >= 11 is 0. The van der Waals surface area contributed by atoms with Gasteiger partial charge in [-0.05, 0) is 17.7 Å². The Labute approximate surface area is 111 Å². The molecule has 2 rings (SSSR count). The number of ether oxygens (including phenoxy) is 1. The Morgan fingerprint density at radius 2 is 1.89 bits per heavy atom. The van der Waals surface area contributed by atoms with E-state index in [-0.39, 0.29) is 0 Å². The molecule has 1 unspecified atom stereocenters. The van der Waals surface area contributed by atoms with Crippen molar-refractivity contribution < 1.29 is 9.84 Å². The zero-order valence-electron chi connectivity index (χ0n) is 10.3. The first-order chi connectivity index (χ1) is 9.12. The minimum atomic E-state index is -1.99. The van der Waals surface area contributed by atoms with E-state index >= 15 is 0 Å². The van der Waals surface area contributed by atoms with Crippen molar-refractivity contribution in [2.75, 3.05) is 0 Å². The molecule has 4 nitrogen and oxygen atoms in total. The van der Waals surface area contributed by atoms with E-state index in [0.29, 0.717) is 17.9 Å². The fourth-order valence-corrected chi connectivity index (χ4v) is 1.63. The summed E-state index contributed by atoms with van der Waals surface area (Å²) in [5.41, 5.74) is 4.80. The average molecular weight is 254 g/mol. The van der Waals surface area contributed by atoms with Gasteiger partial charge in [0, 0.05) is 5.56 Å². The zero-order chi connectivity index (χ0) is 13.7. The maximum atomic E-state index is 9.67. The van der Waals surface area contributed by atoms with Gasteiger partial charge in [-0.1, -0.05) is 42.5 Å². The molecule has 0 bridgehead atoms. The van der Waals surface area contributed by atoms with Crippen LogP contribution in [0.25, 0.3) is 0 Å². The van der Waals surface area contributed by atoms with Gasteiger partial charge in [-0.15, -0.1) is 0 Å². The van der Waals surface area contributed by atoms with Crippen molar-refractivity contribution in [2.24, 2.45) is 5.73 Å². The maximum Gasteiger partial charge on any atom is 0.230 e. The van der Waals surface area contributed by atoms with Crippen LogP contribution < -0.4 is 10.5 Å². The Morgan fingerprint density at radius 3 is 2.58 bits per heavy atom. The lowest BCUT2D eigenvalue weighted by molar-refractivity contribution is 0.105. The number of rotatable bonds is 4. The summed E-state index contributed by atoms with van der Waals surface area (Å²) in [7, 11) is 0. The number of nitrogens with zero attached hydrogens (tertiary/aromatic N) is 1. The first kappa shape index (κ1) is 13.1. The molecule has 0 aromatic heterocycles. The molecule has 2 aromatic carbocycles. The fraction of sp³-hybridized carbons (Fsp3) is 0.133. The smallest absolute Gasteiger partial charge is 0.230 e. The van der Waals surface area contributed by atoms with Gasteiger partial charge in [0.1, 0.15) is 18.4 Å². The van der Waals surface area contributed by atoms with Crippen molar-refractivity contribution in [2.45, 2.75) is 12.3 Å². The second-order valence-corrected chi connectivity index (χ2v) is 4.18. The van der Waals surface area contributed by atoms with E-state index in [1.807, 2.05) is 30.3 Å². The van der Waals surface area contributed by atoms with Crippen molar-refractivity contribution in [1.82, 2.24) is 0 Å². The third-order valence-electron chi connectivity index (χ3n) is 2.69. The van der Waals surface area contributed by atoms with Gasteiger partial charge in [-0.3, -0.25) is 5.73 Å². The molecular formula is C15H14N2O2. The summed E-state index contributed by atoms with van der Waals surface area (Å²) in [6, 6.07) is 17.9. The summed E-state index contributed by atoms with van der Waals surface area (Å²) in [6.07, 6.45) is 0. The number of benzene rings is 2. The minimum absolute atomic E-state index is 0.306. The van der Waals surface area contributed by atoms with E-state index in [1.54, 1.807) is 30.3 Å². The van der Waals surface area contributed by atoms with E-state index < -0.39 is 5.72 Å². The highest BCUT2D eigenvalue weighted by Gasteiger charge is 2.23. The lowest BCUT2D eigenvalue weighted by atomic mass is 10.1. The zero-order valence-corrected chi connectivity index (χ0v) is 10.3. The van der Waals surface area contributed by atoms with Crippen molar-refractivity contribution in [3.8, 4) is 11.8 Å². The molecule has 3 N–H and O–H groups in total. The van der Waals surface area contributed by atoms with Crippen molar-refractivity contribution in [3.63, 3.8) is 0 Å². The molecule has 4 heteroatoms. The molecule has 0 amide bonds. The van der Waals surface area contributed by atoms with Gasteiger partial charge in [0.15, 0.2) is 0 Å². The summed E-state index contributed by atoms with van der Waals surface area (Å²) in [5.74, 6) is 0.556. The van der Waals surface area contributed by atoms with E-state index in [1.165, 1.54) is 0 Å². The van der Waals surface area contributed by atoms with Crippen LogP contribution in [0.15, 0.2) is 54.6 Å². The van der Waals surface area contributed by atoms with Gasteiger partial charge >= 0.3 is 0 Å². The van der Waals surface area contributed by atoms with Gasteiger partial charge in [-0.2, -0.15) is 5.26 Å². The molecule has 96 valence electrons. The number of nitriles is 1. The van der Waals surface area contributed by atoms with Crippen LogP contribution in [-0.4, -0.2) is 5.11 Å². The maximum absolute atomic E-state index is 9.67. The highest BCUT2D eigenvalue weighted by Crippen LogP contribution is 2.21. The number of aliphatic hydroxyl groups is 1. The van der Waals surface area contributed by atoms with Crippen molar-refractivity contribution >= 4 is 0 Å². The van der Waals surface area contributed by atoms with Gasteiger partial charge in [0.25, 0.3) is 0 Å². The third-order valence-corrected chi connectivity index (χ3v) is 2.69. The molecule has 1 atom stereocenters. The molecule has 0 radical (unpaired) electrons. The van der Waals surface area contributed by atoms with E-state index in [9.17, 15) is 5.11 Å². The van der Waals surface area contributed by atoms with Crippen LogP contribution in [0.4, 0.5) is 0 Å². The van der Waals surface area contributed by atoms with Gasteiger partial charge in [0.2, 0.25) is 5.72 Å². The molecule has 2 aromatic rings. The van der Waals surface area contributed by atoms with Crippen molar-refractivity contribution in [3.05, 3.63) is 65.7 Å². The van der Waals surface area contributed by atoms with Crippen LogP contribution in [-0.2, 0) is 12.3 Å². The van der Waals surface area contributed by atoms with Gasteiger partial charge < -0.3 is 9.84 Å². The van der Waals surface area contributed by atoms with Crippen LogP contribution >= 0.6 is 0 Å². The molecule has 0 aliphatic heterocycles. The highest BCUT2D eigenvalue weighted by molar-refractivity contribution is 5.35. The monoisotopic (exact) mass is 254 g/mol. The standard InChI is InChI=1S/C15H14N2O2/c16-11-15(17,18)13-7-4-8-14(9-13)19-10-12-5-2-1-3-6-12/h1-9,18H,10,17H2. The normalized spacial score (nSPS) is 13.3. The molecule has 0 saturated carbocycles. The highest BCUT2D eigenvalue weighted by atomic mass is 16.5. The van der Waals surface area contributed by atoms with Crippen LogP contribution in [0, 0.1) is 11.3 Å². The molecule has 0 aliphatic rings. The SMILES string of the molecule is N#CC(N)(O)c1cccc(OCc2ccccc2)c1. The Hall–Kier alpha value is -2.35. The predicted molar refractivity (Wildman–Crippen MR) is 70.9 cm³/mol. The molecule has 0 aliphatic carbocycles.